The minimum absolute atomic E-state index is 0.0989. The maximum atomic E-state index is 14.2. The second-order valence-electron chi connectivity index (χ2n) is 9.70. The summed E-state index contributed by atoms with van der Waals surface area (Å²) in [5.41, 5.74) is 0.494. The zero-order valence-corrected chi connectivity index (χ0v) is 21.4. The molecule has 0 radical (unpaired) electrons. The highest BCUT2D eigenvalue weighted by molar-refractivity contribution is 7.98. The first-order valence-corrected chi connectivity index (χ1v) is 14.6. The van der Waals surface area contributed by atoms with Gasteiger partial charge in [-0.05, 0) is 49.8 Å². The van der Waals surface area contributed by atoms with Crippen LogP contribution >= 0.6 is 11.8 Å². The molecular weight excluding hydrogens is 514 g/mol. The van der Waals surface area contributed by atoms with Crippen molar-refractivity contribution in [3.05, 3.63) is 53.1 Å². The lowest BCUT2D eigenvalue weighted by Crippen LogP contribution is -2.39. The Morgan fingerprint density at radius 3 is 2.36 bits per heavy atom. The molecule has 3 aromatic rings. The number of aromatic nitrogens is 2. The van der Waals surface area contributed by atoms with Crippen LogP contribution < -0.4 is 0 Å². The van der Waals surface area contributed by atoms with Crippen LogP contribution in [0.25, 0.3) is 11.0 Å². The van der Waals surface area contributed by atoms with E-state index in [-0.39, 0.29) is 28.7 Å². The van der Waals surface area contributed by atoms with Gasteiger partial charge in [-0.1, -0.05) is 31.5 Å². The number of sulfonamides is 1. The molecule has 0 bridgehead atoms. The Morgan fingerprint density at radius 2 is 1.69 bits per heavy atom. The SMILES string of the molecule is CC1CCCN(S(=O)(=O)c2ccc3c(c2)nc(SCc2c(F)c(F)cc(F)c2F)n3C2CCCC2)C1. The molecule has 194 valence electrons. The predicted octanol–water partition coefficient (Wildman–Crippen LogP) is 6.42. The van der Waals surface area contributed by atoms with Gasteiger partial charge in [-0.3, -0.25) is 0 Å². The third-order valence-corrected chi connectivity index (χ3v) is 9.96. The van der Waals surface area contributed by atoms with Crippen molar-refractivity contribution in [2.24, 2.45) is 5.92 Å². The van der Waals surface area contributed by atoms with Crippen molar-refractivity contribution >= 4 is 32.8 Å². The van der Waals surface area contributed by atoms with Crippen LogP contribution in [0, 0.1) is 29.2 Å². The molecule has 0 spiro atoms. The van der Waals surface area contributed by atoms with E-state index in [1.54, 1.807) is 18.2 Å². The first-order valence-electron chi connectivity index (χ1n) is 12.1. The van der Waals surface area contributed by atoms with E-state index in [1.807, 2.05) is 11.5 Å². The summed E-state index contributed by atoms with van der Waals surface area (Å²) in [5.74, 6) is -5.82. The lowest BCUT2D eigenvalue weighted by Gasteiger charge is -2.30. The van der Waals surface area contributed by atoms with E-state index in [4.69, 9.17) is 0 Å². The number of hydrogen-bond acceptors (Lipinski definition) is 4. The van der Waals surface area contributed by atoms with Crippen LogP contribution in [0.5, 0.6) is 0 Å². The van der Waals surface area contributed by atoms with Crippen molar-refractivity contribution in [1.82, 2.24) is 13.9 Å². The van der Waals surface area contributed by atoms with E-state index in [1.165, 1.54) is 4.31 Å². The van der Waals surface area contributed by atoms with E-state index in [2.05, 4.69) is 4.98 Å². The first-order chi connectivity index (χ1) is 17.2. The summed E-state index contributed by atoms with van der Waals surface area (Å²) in [6.07, 6.45) is 5.63. The molecule has 2 fully saturated rings. The number of piperidine rings is 1. The number of rotatable bonds is 6. The van der Waals surface area contributed by atoms with Gasteiger partial charge in [0.2, 0.25) is 10.0 Å². The average Bonchev–Trinajstić information content (AvgIpc) is 3.49. The lowest BCUT2D eigenvalue weighted by molar-refractivity contribution is 0.281. The molecule has 2 heterocycles. The standard InChI is InChI=1S/C25H27F4N3O2S2/c1-15-5-4-10-31(13-15)36(33,34)17-8-9-22-21(11-17)30-25(32(22)16-6-2-3-7-16)35-14-18-23(28)19(26)12-20(27)24(18)29/h8-9,11-12,15-16H,2-7,10,13-14H2,1H3. The van der Waals surface area contributed by atoms with Crippen LogP contribution in [0.4, 0.5) is 17.6 Å². The minimum Gasteiger partial charge on any atom is -0.316 e. The first kappa shape index (κ1) is 25.5. The third-order valence-electron chi connectivity index (χ3n) is 7.12. The molecule has 1 aliphatic carbocycles. The van der Waals surface area contributed by atoms with Gasteiger partial charge in [0.25, 0.3) is 0 Å². The van der Waals surface area contributed by atoms with E-state index in [0.717, 1.165) is 55.8 Å². The van der Waals surface area contributed by atoms with Gasteiger partial charge >= 0.3 is 0 Å². The third kappa shape index (κ3) is 4.65. The molecule has 36 heavy (non-hydrogen) atoms. The number of imidazole rings is 1. The summed E-state index contributed by atoms with van der Waals surface area (Å²) >= 11 is 0.979. The Morgan fingerprint density at radius 1 is 1.00 bits per heavy atom. The average molecular weight is 542 g/mol. The Kier molecular flexibility index (Phi) is 7.08. The summed E-state index contributed by atoms with van der Waals surface area (Å²) < 4.78 is 86.0. The van der Waals surface area contributed by atoms with Gasteiger partial charge in [0.1, 0.15) is 0 Å². The molecular formula is C25H27F4N3O2S2. The zero-order chi connectivity index (χ0) is 25.6. The molecule has 11 heteroatoms. The largest absolute Gasteiger partial charge is 0.316 e. The van der Waals surface area contributed by atoms with Crippen molar-refractivity contribution in [1.29, 1.82) is 0 Å². The van der Waals surface area contributed by atoms with Crippen molar-refractivity contribution in [2.45, 2.75) is 67.3 Å². The van der Waals surface area contributed by atoms with Crippen LogP contribution in [0.2, 0.25) is 0 Å². The minimum atomic E-state index is -3.69. The van der Waals surface area contributed by atoms with Gasteiger partial charge in [0.05, 0.1) is 15.9 Å². The fraction of sp³-hybridized carbons (Fsp3) is 0.480. The summed E-state index contributed by atoms with van der Waals surface area (Å²) in [4.78, 5) is 4.78. The smallest absolute Gasteiger partial charge is 0.243 e. The molecule has 1 saturated heterocycles. The lowest BCUT2D eigenvalue weighted by atomic mass is 10.0. The molecule has 1 saturated carbocycles. The molecule has 2 aromatic carbocycles. The van der Waals surface area contributed by atoms with E-state index < -0.39 is 38.9 Å². The number of hydrogen-bond donors (Lipinski definition) is 0. The topological polar surface area (TPSA) is 55.2 Å². The Bertz CT molecular complexity index is 1380. The van der Waals surface area contributed by atoms with Crippen molar-refractivity contribution in [3.63, 3.8) is 0 Å². The van der Waals surface area contributed by atoms with Crippen molar-refractivity contribution in [2.75, 3.05) is 13.1 Å². The second-order valence-corrected chi connectivity index (χ2v) is 12.6. The second kappa shape index (κ2) is 9.98. The maximum Gasteiger partial charge on any atom is 0.243 e. The van der Waals surface area contributed by atoms with Crippen LogP contribution in [-0.4, -0.2) is 35.4 Å². The van der Waals surface area contributed by atoms with E-state index in [0.29, 0.717) is 23.8 Å². The Hall–Kier alpha value is -2.11. The van der Waals surface area contributed by atoms with Gasteiger partial charge in [0.15, 0.2) is 28.4 Å². The maximum absolute atomic E-state index is 14.2. The summed E-state index contributed by atoms with van der Waals surface area (Å²) in [6, 6.07) is 5.15. The van der Waals surface area contributed by atoms with Gasteiger partial charge in [-0.25, -0.2) is 31.0 Å². The molecule has 2 aliphatic rings. The summed E-state index contributed by atoms with van der Waals surface area (Å²) in [6.45, 7) is 2.98. The number of halogens is 4. The van der Waals surface area contributed by atoms with Crippen LogP contribution in [-0.2, 0) is 15.8 Å². The summed E-state index contributed by atoms with van der Waals surface area (Å²) in [7, 11) is -3.69. The van der Waals surface area contributed by atoms with Gasteiger partial charge in [-0.2, -0.15) is 4.31 Å². The molecule has 5 nitrogen and oxygen atoms in total. The predicted molar refractivity (Wildman–Crippen MR) is 130 cm³/mol. The normalized spacial score (nSPS) is 20.0. The molecule has 1 aliphatic heterocycles. The molecule has 5 rings (SSSR count). The van der Waals surface area contributed by atoms with Crippen LogP contribution in [0.1, 0.15) is 57.1 Å². The van der Waals surface area contributed by atoms with Crippen LogP contribution in [0.15, 0.2) is 34.3 Å². The van der Waals surface area contributed by atoms with Crippen molar-refractivity contribution < 1.29 is 26.0 Å². The highest BCUT2D eigenvalue weighted by Gasteiger charge is 2.30. The molecule has 1 aromatic heterocycles. The van der Waals surface area contributed by atoms with Gasteiger partial charge in [0, 0.05) is 36.5 Å². The number of benzene rings is 2. The molecule has 1 unspecified atom stereocenters. The number of fused-ring (bicyclic) bond motifs is 1. The highest BCUT2D eigenvalue weighted by atomic mass is 32.2. The van der Waals surface area contributed by atoms with Gasteiger partial charge in [-0.15, -0.1) is 0 Å². The van der Waals surface area contributed by atoms with Crippen molar-refractivity contribution in [3.8, 4) is 0 Å². The fourth-order valence-electron chi connectivity index (χ4n) is 5.23. The van der Waals surface area contributed by atoms with E-state index in [9.17, 15) is 26.0 Å². The van der Waals surface area contributed by atoms with Crippen LogP contribution in [0.3, 0.4) is 0 Å². The highest BCUT2D eigenvalue weighted by Crippen LogP contribution is 2.39. The molecule has 0 N–H and O–H groups in total. The number of thioether (sulfide) groups is 1. The zero-order valence-electron chi connectivity index (χ0n) is 19.8. The van der Waals surface area contributed by atoms with Gasteiger partial charge < -0.3 is 4.57 Å². The number of nitrogens with zero attached hydrogens (tertiary/aromatic N) is 3. The Labute approximate surface area is 211 Å². The summed E-state index contributed by atoms with van der Waals surface area (Å²) in [5, 5.41) is 0.432. The molecule has 1 atom stereocenters. The Balaban J connectivity index is 1.52. The monoisotopic (exact) mass is 541 g/mol. The quantitative estimate of drug-likeness (QED) is 0.205. The fourth-order valence-corrected chi connectivity index (χ4v) is 7.93. The van der Waals surface area contributed by atoms with E-state index >= 15 is 0 Å². The molecule has 0 amide bonds.